The summed E-state index contributed by atoms with van der Waals surface area (Å²) in [6.45, 7) is 0.118. The molecular formula is C14H25N7O7. The molecule has 0 aromatic heterocycles. The molecule has 0 spiro atoms. The SMILES string of the molecule is NC(=O)CC(NC(=O)C(CCCN=C(N)N)NC(=O)C(N)CC(=O)O)C(=O)O. The minimum absolute atomic E-state index is 0.0168. The topological polar surface area (TPSA) is 266 Å². The minimum atomic E-state index is -1.60. The fourth-order valence-electron chi connectivity index (χ4n) is 2.01. The van der Waals surface area contributed by atoms with Gasteiger partial charge in [0.1, 0.15) is 12.1 Å². The Morgan fingerprint density at radius 3 is 1.93 bits per heavy atom. The van der Waals surface area contributed by atoms with Crippen molar-refractivity contribution in [3.05, 3.63) is 0 Å². The second-order valence-corrected chi connectivity index (χ2v) is 5.78. The van der Waals surface area contributed by atoms with E-state index in [1.165, 1.54) is 0 Å². The molecule has 0 saturated heterocycles. The maximum atomic E-state index is 12.4. The number of rotatable bonds is 13. The van der Waals surface area contributed by atoms with E-state index in [-0.39, 0.29) is 25.3 Å². The van der Waals surface area contributed by atoms with Gasteiger partial charge in [0.2, 0.25) is 17.7 Å². The highest BCUT2D eigenvalue weighted by Gasteiger charge is 2.29. The molecule has 0 aliphatic rings. The number of nitrogens with one attached hydrogen (secondary N) is 2. The third-order valence-electron chi connectivity index (χ3n) is 3.33. The van der Waals surface area contributed by atoms with Crippen molar-refractivity contribution >= 4 is 35.6 Å². The highest BCUT2D eigenvalue weighted by Crippen LogP contribution is 2.03. The average Bonchev–Trinajstić information content (AvgIpc) is 2.55. The van der Waals surface area contributed by atoms with Crippen LogP contribution in [0.3, 0.4) is 0 Å². The van der Waals surface area contributed by atoms with Crippen molar-refractivity contribution < 1.29 is 34.2 Å². The first-order valence-corrected chi connectivity index (χ1v) is 8.08. The normalized spacial score (nSPS) is 13.5. The molecule has 0 rings (SSSR count). The van der Waals surface area contributed by atoms with E-state index < -0.39 is 60.6 Å². The van der Waals surface area contributed by atoms with Gasteiger partial charge in [0.05, 0.1) is 18.9 Å². The highest BCUT2D eigenvalue weighted by atomic mass is 16.4. The quantitative estimate of drug-likeness (QED) is 0.0833. The molecule has 158 valence electrons. The zero-order chi connectivity index (χ0) is 21.9. The molecule has 14 heteroatoms. The summed E-state index contributed by atoms with van der Waals surface area (Å²) in [6.07, 6.45) is -1.13. The van der Waals surface area contributed by atoms with Crippen molar-refractivity contribution in [2.75, 3.05) is 6.54 Å². The van der Waals surface area contributed by atoms with Crippen LogP contribution in [0.2, 0.25) is 0 Å². The molecule has 3 atom stereocenters. The van der Waals surface area contributed by atoms with Gasteiger partial charge in [-0.1, -0.05) is 0 Å². The van der Waals surface area contributed by atoms with E-state index in [4.69, 9.17) is 33.1 Å². The summed E-state index contributed by atoms with van der Waals surface area (Å²) in [5, 5.41) is 22.1. The van der Waals surface area contributed by atoms with Crippen LogP contribution in [-0.4, -0.2) is 70.5 Å². The number of amides is 3. The highest BCUT2D eigenvalue weighted by molar-refractivity contribution is 5.94. The molecule has 28 heavy (non-hydrogen) atoms. The molecule has 0 saturated carbocycles. The predicted molar refractivity (Wildman–Crippen MR) is 95.4 cm³/mol. The number of carbonyl (C=O) groups excluding carboxylic acids is 3. The van der Waals surface area contributed by atoms with E-state index in [1.807, 2.05) is 0 Å². The molecule has 0 radical (unpaired) electrons. The number of nitrogens with zero attached hydrogens (tertiary/aromatic N) is 1. The minimum Gasteiger partial charge on any atom is -0.481 e. The monoisotopic (exact) mass is 403 g/mol. The number of aliphatic carboxylic acids is 2. The number of carbonyl (C=O) groups is 5. The molecule has 0 aliphatic carbocycles. The van der Waals surface area contributed by atoms with Gasteiger partial charge in [0.25, 0.3) is 0 Å². The van der Waals surface area contributed by atoms with E-state index in [0.29, 0.717) is 0 Å². The van der Waals surface area contributed by atoms with Crippen LogP contribution in [0.25, 0.3) is 0 Å². The first kappa shape index (κ1) is 24.6. The standard InChI is InChI=1S/C14H25N7O7/c15-6(4-10(23)24)11(25)20-7(2-1-3-19-14(17)18)12(26)21-8(13(27)28)5-9(16)22/h6-8H,1-5,15H2,(H2,16,22)(H,20,25)(H,21,26)(H,23,24)(H,27,28)(H4,17,18,19). The van der Waals surface area contributed by atoms with Gasteiger partial charge in [-0.3, -0.25) is 24.2 Å². The Hall–Kier alpha value is -3.42. The lowest BCUT2D eigenvalue weighted by molar-refractivity contribution is -0.144. The van der Waals surface area contributed by atoms with Gasteiger partial charge in [-0.15, -0.1) is 0 Å². The number of primary amides is 1. The van der Waals surface area contributed by atoms with Crippen LogP contribution in [0.15, 0.2) is 4.99 Å². The predicted octanol–water partition coefficient (Wildman–Crippen LogP) is -4.23. The van der Waals surface area contributed by atoms with Gasteiger partial charge in [-0.25, -0.2) is 4.79 Å². The Kier molecular flexibility index (Phi) is 10.6. The van der Waals surface area contributed by atoms with Crippen LogP contribution in [-0.2, 0) is 24.0 Å². The number of nitrogens with two attached hydrogens (primary N) is 4. The van der Waals surface area contributed by atoms with Gasteiger partial charge >= 0.3 is 11.9 Å². The Morgan fingerprint density at radius 1 is 0.893 bits per heavy atom. The summed E-state index contributed by atoms with van der Waals surface area (Å²) in [7, 11) is 0. The lowest BCUT2D eigenvalue weighted by Gasteiger charge is -2.22. The van der Waals surface area contributed by atoms with Crippen LogP contribution in [0.1, 0.15) is 25.7 Å². The summed E-state index contributed by atoms with van der Waals surface area (Å²) in [4.78, 5) is 60.8. The Bertz CT molecular complexity index is 634. The Balaban J connectivity index is 5.16. The van der Waals surface area contributed by atoms with E-state index >= 15 is 0 Å². The molecule has 0 aromatic rings. The fourth-order valence-corrected chi connectivity index (χ4v) is 2.01. The van der Waals surface area contributed by atoms with Crippen LogP contribution < -0.4 is 33.6 Å². The van der Waals surface area contributed by atoms with Crippen molar-refractivity contribution in [3.63, 3.8) is 0 Å². The van der Waals surface area contributed by atoms with Crippen molar-refractivity contribution in [2.24, 2.45) is 27.9 Å². The van der Waals surface area contributed by atoms with Crippen LogP contribution in [0.5, 0.6) is 0 Å². The van der Waals surface area contributed by atoms with Gasteiger partial charge in [-0.2, -0.15) is 0 Å². The summed E-state index contributed by atoms with van der Waals surface area (Å²) < 4.78 is 0. The van der Waals surface area contributed by atoms with Crippen LogP contribution >= 0.6 is 0 Å². The van der Waals surface area contributed by atoms with Gasteiger partial charge in [-0.05, 0) is 12.8 Å². The molecule has 3 amide bonds. The van der Waals surface area contributed by atoms with Gasteiger partial charge in [0.15, 0.2) is 5.96 Å². The number of guanidine groups is 1. The molecule has 0 fully saturated rings. The van der Waals surface area contributed by atoms with Crippen molar-refractivity contribution in [1.29, 1.82) is 0 Å². The molecule has 0 aliphatic heterocycles. The number of hydrogen-bond donors (Lipinski definition) is 8. The van der Waals surface area contributed by atoms with E-state index in [1.54, 1.807) is 0 Å². The van der Waals surface area contributed by atoms with Crippen LogP contribution in [0, 0.1) is 0 Å². The summed E-state index contributed by atoms with van der Waals surface area (Å²) in [5.41, 5.74) is 20.7. The molecule has 14 nitrogen and oxygen atoms in total. The second-order valence-electron chi connectivity index (χ2n) is 5.78. The average molecular weight is 403 g/mol. The summed E-state index contributed by atoms with van der Waals surface area (Å²) in [5.74, 6) is -5.80. The number of carboxylic acid groups (broad SMARTS) is 2. The lowest BCUT2D eigenvalue weighted by atomic mass is 10.1. The summed E-state index contributed by atoms with van der Waals surface area (Å²) >= 11 is 0. The first-order valence-electron chi connectivity index (χ1n) is 8.08. The molecule has 0 heterocycles. The number of hydrogen-bond acceptors (Lipinski definition) is 7. The summed E-state index contributed by atoms with van der Waals surface area (Å²) in [6, 6.07) is -4.29. The van der Waals surface area contributed by atoms with Crippen molar-refractivity contribution in [2.45, 2.75) is 43.8 Å². The smallest absolute Gasteiger partial charge is 0.326 e. The number of carboxylic acids is 2. The maximum absolute atomic E-state index is 12.4. The Labute approximate surface area is 159 Å². The van der Waals surface area contributed by atoms with Gasteiger partial charge in [0, 0.05) is 6.54 Å². The lowest BCUT2D eigenvalue weighted by Crippen LogP contribution is -2.55. The number of aliphatic imine (C=N–C) groups is 1. The van der Waals surface area contributed by atoms with Crippen molar-refractivity contribution in [3.8, 4) is 0 Å². The zero-order valence-electron chi connectivity index (χ0n) is 15.0. The molecule has 0 aromatic carbocycles. The maximum Gasteiger partial charge on any atom is 0.326 e. The van der Waals surface area contributed by atoms with Crippen molar-refractivity contribution in [1.82, 2.24) is 10.6 Å². The second kappa shape index (κ2) is 12.1. The largest absolute Gasteiger partial charge is 0.481 e. The van der Waals surface area contributed by atoms with Gasteiger partial charge < -0.3 is 43.8 Å². The third kappa shape index (κ3) is 10.5. The van der Waals surface area contributed by atoms with Crippen LogP contribution in [0.4, 0.5) is 0 Å². The van der Waals surface area contributed by atoms with E-state index in [0.717, 1.165) is 0 Å². The Morgan fingerprint density at radius 2 is 1.46 bits per heavy atom. The fraction of sp³-hybridized carbons (Fsp3) is 0.571. The molecule has 3 unspecified atom stereocenters. The van der Waals surface area contributed by atoms with E-state index in [2.05, 4.69) is 15.6 Å². The first-order chi connectivity index (χ1) is 12.9. The van der Waals surface area contributed by atoms with E-state index in [9.17, 15) is 24.0 Å². The molecule has 12 N–H and O–H groups in total. The zero-order valence-corrected chi connectivity index (χ0v) is 15.0. The third-order valence-corrected chi connectivity index (χ3v) is 3.33. The molecular weight excluding hydrogens is 378 g/mol. The molecule has 0 bridgehead atoms.